The Hall–Kier alpha value is -3.67. The highest BCUT2D eigenvalue weighted by Crippen LogP contribution is 2.21. The molecular weight excluding hydrogens is 376 g/mol. The van der Waals surface area contributed by atoms with Crippen molar-refractivity contribution in [2.75, 3.05) is 6.61 Å². The molecule has 2 heterocycles. The van der Waals surface area contributed by atoms with Crippen molar-refractivity contribution in [3.8, 4) is 5.75 Å². The summed E-state index contributed by atoms with van der Waals surface area (Å²) in [5, 5.41) is 3.03. The number of fused-ring (bicyclic) bond motifs is 1. The van der Waals surface area contributed by atoms with Crippen molar-refractivity contribution in [2.45, 2.75) is 26.4 Å². The standard InChI is InChI=1S/C24H24N4O2/c1-17-7-5-9-20(15-17)30-14-13-28-22-11-4-3-10-21(22)27-23(28)18(2)26-24(29)19-8-6-12-25-16-19/h3-12,15-16,18H,13-14H2,1-2H3,(H,26,29). The summed E-state index contributed by atoms with van der Waals surface area (Å²) in [6.45, 7) is 5.10. The quantitative estimate of drug-likeness (QED) is 0.502. The molecule has 1 N–H and O–H groups in total. The van der Waals surface area contributed by atoms with E-state index in [9.17, 15) is 4.79 Å². The number of hydrogen-bond acceptors (Lipinski definition) is 4. The number of pyridine rings is 1. The summed E-state index contributed by atoms with van der Waals surface area (Å²) in [6, 6.07) is 19.2. The van der Waals surface area contributed by atoms with Crippen molar-refractivity contribution in [2.24, 2.45) is 0 Å². The van der Waals surface area contributed by atoms with Gasteiger partial charge in [-0.05, 0) is 55.8 Å². The molecule has 2 aromatic carbocycles. The predicted octanol–water partition coefficient (Wildman–Crippen LogP) is 4.31. The molecule has 6 nitrogen and oxygen atoms in total. The molecule has 0 saturated carbocycles. The summed E-state index contributed by atoms with van der Waals surface area (Å²) in [5.74, 6) is 1.46. The Morgan fingerprint density at radius 3 is 2.80 bits per heavy atom. The number of carbonyl (C=O) groups excluding carboxylic acids is 1. The highest BCUT2D eigenvalue weighted by molar-refractivity contribution is 5.94. The van der Waals surface area contributed by atoms with E-state index in [1.54, 1.807) is 24.5 Å². The molecule has 152 valence electrons. The average molecular weight is 400 g/mol. The molecule has 2 aromatic heterocycles. The van der Waals surface area contributed by atoms with Crippen molar-refractivity contribution in [1.82, 2.24) is 19.9 Å². The Morgan fingerprint density at radius 2 is 2.00 bits per heavy atom. The molecule has 4 aromatic rings. The van der Waals surface area contributed by atoms with Crippen LogP contribution in [0.15, 0.2) is 73.1 Å². The molecular formula is C24H24N4O2. The van der Waals surface area contributed by atoms with Gasteiger partial charge < -0.3 is 14.6 Å². The second kappa shape index (κ2) is 8.78. The van der Waals surface area contributed by atoms with Gasteiger partial charge in [-0.3, -0.25) is 9.78 Å². The molecule has 0 aliphatic rings. The number of rotatable bonds is 7. The molecule has 0 radical (unpaired) electrons. The molecule has 1 atom stereocenters. The van der Waals surface area contributed by atoms with E-state index in [1.165, 1.54) is 0 Å². The molecule has 0 aliphatic heterocycles. The van der Waals surface area contributed by atoms with E-state index < -0.39 is 0 Å². The number of aromatic nitrogens is 3. The van der Waals surface area contributed by atoms with Crippen molar-refractivity contribution in [3.05, 3.63) is 90.0 Å². The average Bonchev–Trinajstić information content (AvgIpc) is 3.13. The van der Waals surface area contributed by atoms with Crippen molar-refractivity contribution in [1.29, 1.82) is 0 Å². The minimum absolute atomic E-state index is 0.176. The second-order valence-electron chi connectivity index (χ2n) is 7.21. The van der Waals surface area contributed by atoms with Crippen LogP contribution in [-0.2, 0) is 6.54 Å². The van der Waals surface area contributed by atoms with Gasteiger partial charge in [-0.1, -0.05) is 24.3 Å². The highest BCUT2D eigenvalue weighted by Gasteiger charge is 2.19. The van der Waals surface area contributed by atoms with E-state index in [0.717, 1.165) is 28.2 Å². The van der Waals surface area contributed by atoms with Gasteiger partial charge in [-0.15, -0.1) is 0 Å². The third kappa shape index (κ3) is 4.33. The first-order valence-electron chi connectivity index (χ1n) is 9.97. The normalized spacial score (nSPS) is 11.9. The van der Waals surface area contributed by atoms with Crippen molar-refractivity contribution >= 4 is 16.9 Å². The summed E-state index contributed by atoms with van der Waals surface area (Å²) in [7, 11) is 0. The molecule has 0 saturated heterocycles. The molecule has 0 aliphatic carbocycles. The smallest absolute Gasteiger partial charge is 0.253 e. The van der Waals surface area contributed by atoms with E-state index in [-0.39, 0.29) is 11.9 Å². The van der Waals surface area contributed by atoms with Crippen LogP contribution in [0, 0.1) is 6.92 Å². The molecule has 4 rings (SSSR count). The van der Waals surface area contributed by atoms with E-state index in [2.05, 4.69) is 14.9 Å². The Bertz CT molecular complexity index is 1150. The number of benzene rings is 2. The van der Waals surface area contributed by atoms with Crippen LogP contribution in [0.2, 0.25) is 0 Å². The number of carbonyl (C=O) groups is 1. The predicted molar refractivity (Wildman–Crippen MR) is 117 cm³/mol. The number of hydrogen-bond donors (Lipinski definition) is 1. The lowest BCUT2D eigenvalue weighted by molar-refractivity contribution is 0.0937. The second-order valence-corrected chi connectivity index (χ2v) is 7.21. The summed E-state index contributed by atoms with van der Waals surface area (Å²) >= 11 is 0. The molecule has 0 bridgehead atoms. The lowest BCUT2D eigenvalue weighted by atomic mass is 10.2. The van der Waals surface area contributed by atoms with Gasteiger partial charge >= 0.3 is 0 Å². The topological polar surface area (TPSA) is 69.0 Å². The SMILES string of the molecule is Cc1cccc(OCCn2c(C(C)NC(=O)c3cccnc3)nc3ccccc32)c1. The molecule has 0 fully saturated rings. The zero-order chi connectivity index (χ0) is 20.9. The van der Waals surface area contributed by atoms with Crippen molar-refractivity contribution < 1.29 is 9.53 Å². The molecule has 6 heteroatoms. The maximum atomic E-state index is 12.6. The van der Waals surface area contributed by atoms with E-state index in [0.29, 0.717) is 18.7 Å². The Balaban J connectivity index is 1.54. The monoisotopic (exact) mass is 400 g/mol. The number of amides is 1. The van der Waals surface area contributed by atoms with Crippen LogP contribution in [0.1, 0.15) is 34.7 Å². The Morgan fingerprint density at radius 1 is 1.13 bits per heavy atom. The van der Waals surface area contributed by atoms with E-state index in [4.69, 9.17) is 9.72 Å². The fourth-order valence-electron chi connectivity index (χ4n) is 3.46. The van der Waals surface area contributed by atoms with Gasteiger partial charge in [-0.2, -0.15) is 0 Å². The zero-order valence-electron chi connectivity index (χ0n) is 17.1. The van der Waals surface area contributed by atoms with Gasteiger partial charge in [0.15, 0.2) is 0 Å². The van der Waals surface area contributed by atoms with Crippen LogP contribution < -0.4 is 10.1 Å². The number of imidazole rings is 1. The van der Waals surface area contributed by atoms with E-state index >= 15 is 0 Å². The fourth-order valence-corrected chi connectivity index (χ4v) is 3.46. The molecule has 30 heavy (non-hydrogen) atoms. The molecule has 1 unspecified atom stereocenters. The minimum Gasteiger partial charge on any atom is -0.492 e. The largest absolute Gasteiger partial charge is 0.492 e. The summed E-state index contributed by atoms with van der Waals surface area (Å²) < 4.78 is 8.06. The lowest BCUT2D eigenvalue weighted by Gasteiger charge is -2.17. The van der Waals surface area contributed by atoms with Gasteiger partial charge in [0.05, 0.1) is 29.2 Å². The van der Waals surface area contributed by atoms with Gasteiger partial charge in [0.25, 0.3) is 5.91 Å². The lowest BCUT2D eigenvalue weighted by Crippen LogP contribution is -2.29. The van der Waals surface area contributed by atoms with Crippen LogP contribution in [0.3, 0.4) is 0 Å². The van der Waals surface area contributed by atoms with Gasteiger partial charge in [0, 0.05) is 12.4 Å². The number of ether oxygens (including phenoxy) is 1. The Labute approximate surface area is 175 Å². The van der Waals surface area contributed by atoms with Crippen LogP contribution in [0.4, 0.5) is 0 Å². The van der Waals surface area contributed by atoms with Gasteiger partial charge in [-0.25, -0.2) is 4.98 Å². The summed E-state index contributed by atoms with van der Waals surface area (Å²) in [5.41, 5.74) is 3.59. The first kappa shape index (κ1) is 19.6. The summed E-state index contributed by atoms with van der Waals surface area (Å²) in [6.07, 6.45) is 3.20. The van der Waals surface area contributed by atoms with Crippen LogP contribution in [0.25, 0.3) is 11.0 Å². The summed E-state index contributed by atoms with van der Waals surface area (Å²) in [4.78, 5) is 21.4. The van der Waals surface area contributed by atoms with Gasteiger partial charge in [0.2, 0.25) is 0 Å². The van der Waals surface area contributed by atoms with Crippen molar-refractivity contribution in [3.63, 3.8) is 0 Å². The van der Waals surface area contributed by atoms with Crippen LogP contribution in [-0.4, -0.2) is 27.0 Å². The van der Waals surface area contributed by atoms with E-state index in [1.807, 2.05) is 62.4 Å². The van der Waals surface area contributed by atoms with Gasteiger partial charge in [0.1, 0.15) is 18.2 Å². The Kier molecular flexibility index (Phi) is 5.75. The fraction of sp³-hybridized carbons (Fsp3) is 0.208. The van der Waals surface area contributed by atoms with Crippen LogP contribution >= 0.6 is 0 Å². The highest BCUT2D eigenvalue weighted by atomic mass is 16.5. The number of nitrogens with one attached hydrogen (secondary N) is 1. The number of aryl methyl sites for hydroxylation is 1. The molecule has 1 amide bonds. The van der Waals surface area contributed by atoms with Crippen LogP contribution in [0.5, 0.6) is 5.75 Å². The molecule has 0 spiro atoms. The zero-order valence-corrected chi connectivity index (χ0v) is 17.1. The maximum Gasteiger partial charge on any atom is 0.253 e. The third-order valence-corrected chi connectivity index (χ3v) is 4.92. The third-order valence-electron chi connectivity index (χ3n) is 4.92. The number of para-hydroxylation sites is 2. The first-order chi connectivity index (χ1) is 14.6. The maximum absolute atomic E-state index is 12.6. The first-order valence-corrected chi connectivity index (χ1v) is 9.97. The minimum atomic E-state index is -0.274. The number of nitrogens with zero attached hydrogens (tertiary/aromatic N) is 3.